The lowest BCUT2D eigenvalue weighted by Crippen LogP contribution is -2.37. The Bertz CT molecular complexity index is 1580. The highest BCUT2D eigenvalue weighted by molar-refractivity contribution is 5.99. The van der Waals surface area contributed by atoms with Gasteiger partial charge in [-0.1, -0.05) is 12.1 Å². The Hall–Kier alpha value is -4.14. The maximum atomic E-state index is 12.7. The second-order valence-corrected chi connectivity index (χ2v) is 11.3. The van der Waals surface area contributed by atoms with Crippen molar-refractivity contribution in [1.82, 2.24) is 24.6 Å². The van der Waals surface area contributed by atoms with Gasteiger partial charge in [-0.15, -0.1) is 0 Å². The zero-order chi connectivity index (χ0) is 30.4. The first-order valence-corrected chi connectivity index (χ1v) is 15.6. The minimum atomic E-state index is -0.331. The van der Waals surface area contributed by atoms with Gasteiger partial charge in [-0.2, -0.15) is 5.06 Å². The number of nitrogens with zero attached hydrogens (tertiary/aromatic N) is 6. The Kier molecular flexibility index (Phi) is 9.12. The van der Waals surface area contributed by atoms with Crippen molar-refractivity contribution in [2.45, 2.75) is 32.1 Å². The molecule has 4 aromatic rings. The van der Waals surface area contributed by atoms with Crippen molar-refractivity contribution >= 4 is 34.4 Å². The maximum Gasteiger partial charge on any atom is 0.323 e. The van der Waals surface area contributed by atoms with Crippen LogP contribution in [0.3, 0.4) is 0 Å². The zero-order valence-electron chi connectivity index (χ0n) is 25.2. The molecule has 2 N–H and O–H groups in total. The smallest absolute Gasteiger partial charge is 0.323 e. The maximum absolute atomic E-state index is 12.7. The molecule has 3 fully saturated rings. The van der Waals surface area contributed by atoms with Crippen LogP contribution in [0.5, 0.6) is 0 Å². The second kappa shape index (κ2) is 13.9. The van der Waals surface area contributed by atoms with E-state index in [2.05, 4.69) is 25.1 Å². The fourth-order valence-electron chi connectivity index (χ4n) is 5.74. The van der Waals surface area contributed by atoms with E-state index >= 15 is 0 Å². The first-order valence-electron chi connectivity index (χ1n) is 15.6. The highest BCUT2D eigenvalue weighted by Gasteiger charge is 2.25. The molecule has 0 spiro atoms. The number of hydroxylamine groups is 2. The fraction of sp³-hybridized carbons (Fsp3) is 0.438. The van der Waals surface area contributed by atoms with E-state index in [0.717, 1.165) is 74.5 Å². The molecule has 7 rings (SSSR count). The highest BCUT2D eigenvalue weighted by atomic mass is 16.7. The summed E-state index contributed by atoms with van der Waals surface area (Å²) in [5, 5.41) is 7.70. The predicted molar refractivity (Wildman–Crippen MR) is 169 cm³/mol. The van der Waals surface area contributed by atoms with Crippen molar-refractivity contribution in [2.75, 3.05) is 74.7 Å². The van der Waals surface area contributed by atoms with Gasteiger partial charge in [0.05, 0.1) is 39.4 Å². The topological polar surface area (TPSA) is 128 Å². The number of morpholine rings is 2. The average molecular weight is 615 g/mol. The average Bonchev–Trinajstić information content (AvgIpc) is 3.53. The Labute approximate surface area is 261 Å². The number of amides is 2. The second-order valence-electron chi connectivity index (χ2n) is 11.3. The molecule has 45 heavy (non-hydrogen) atoms. The van der Waals surface area contributed by atoms with E-state index in [1.54, 1.807) is 0 Å². The lowest BCUT2D eigenvalue weighted by molar-refractivity contribution is -0.202. The first-order chi connectivity index (χ1) is 22.2. The van der Waals surface area contributed by atoms with E-state index in [-0.39, 0.29) is 12.3 Å². The largest absolute Gasteiger partial charge is 0.379 e. The van der Waals surface area contributed by atoms with Gasteiger partial charge in [0.15, 0.2) is 17.3 Å². The standard InChI is InChI=1S/C32H38N8O5/c41-32(34-25-8-4-23(5-9-25)21-45-39-14-19-43-20-15-39)35-26-10-6-24(7-11-26)29-36-30-28(31(37-29)38-12-17-42-18-13-38)40(22-33-30)27-3-1-2-16-44-27/h4-11,22,27H,1-3,12-21H2,(H2,34,35,41). The Morgan fingerprint density at radius 2 is 1.53 bits per heavy atom. The molecule has 1 unspecified atom stereocenters. The van der Waals surface area contributed by atoms with Gasteiger partial charge in [0.2, 0.25) is 0 Å². The minimum absolute atomic E-state index is 0.0678. The van der Waals surface area contributed by atoms with Crippen LogP contribution in [-0.2, 0) is 25.7 Å². The van der Waals surface area contributed by atoms with Gasteiger partial charge >= 0.3 is 6.03 Å². The zero-order valence-corrected chi connectivity index (χ0v) is 25.2. The summed E-state index contributed by atoms with van der Waals surface area (Å²) < 4.78 is 19.1. The van der Waals surface area contributed by atoms with Crippen molar-refractivity contribution in [3.63, 3.8) is 0 Å². The van der Waals surface area contributed by atoms with E-state index in [1.807, 2.05) is 59.9 Å². The lowest BCUT2D eigenvalue weighted by Gasteiger charge is -2.30. The van der Waals surface area contributed by atoms with Crippen LogP contribution in [0.15, 0.2) is 54.9 Å². The number of nitrogens with one attached hydrogen (secondary N) is 2. The minimum Gasteiger partial charge on any atom is -0.379 e. The number of anilines is 3. The molecule has 3 aliphatic heterocycles. The van der Waals surface area contributed by atoms with Gasteiger partial charge in [0, 0.05) is 49.7 Å². The van der Waals surface area contributed by atoms with Crippen LogP contribution < -0.4 is 15.5 Å². The van der Waals surface area contributed by atoms with Crippen molar-refractivity contribution in [3.8, 4) is 11.4 Å². The Morgan fingerprint density at radius 3 is 2.22 bits per heavy atom. The number of carbonyl (C=O) groups is 1. The van der Waals surface area contributed by atoms with Gasteiger partial charge in [0.1, 0.15) is 11.7 Å². The predicted octanol–water partition coefficient (Wildman–Crippen LogP) is 4.44. The van der Waals surface area contributed by atoms with Gasteiger partial charge < -0.3 is 29.7 Å². The van der Waals surface area contributed by atoms with Gasteiger partial charge in [-0.05, 0) is 61.2 Å². The van der Waals surface area contributed by atoms with E-state index in [0.29, 0.717) is 55.9 Å². The Balaban J connectivity index is 1.02. The van der Waals surface area contributed by atoms with Gasteiger partial charge in [-0.3, -0.25) is 9.40 Å². The first kappa shape index (κ1) is 29.6. The molecule has 3 saturated heterocycles. The van der Waals surface area contributed by atoms with Crippen LogP contribution in [0.25, 0.3) is 22.6 Å². The number of imidazole rings is 1. The number of carbonyl (C=O) groups excluding carboxylic acids is 1. The normalized spacial score (nSPS) is 19.5. The van der Waals surface area contributed by atoms with Crippen molar-refractivity contribution < 1.29 is 23.8 Å². The molecule has 13 heteroatoms. The van der Waals surface area contributed by atoms with Crippen LogP contribution in [-0.4, -0.2) is 89.8 Å². The SMILES string of the molecule is O=C(Nc1ccc(CON2CCOCC2)cc1)Nc1ccc(-c2nc(N3CCOCC3)c3c(ncn3C3CCCCO3)n2)cc1. The van der Waals surface area contributed by atoms with Crippen molar-refractivity contribution in [3.05, 3.63) is 60.4 Å². The third-order valence-corrected chi connectivity index (χ3v) is 8.18. The third-order valence-electron chi connectivity index (χ3n) is 8.18. The van der Waals surface area contributed by atoms with E-state index in [9.17, 15) is 4.79 Å². The molecular weight excluding hydrogens is 576 g/mol. The van der Waals surface area contributed by atoms with Gasteiger partial charge in [0.25, 0.3) is 0 Å². The number of ether oxygens (including phenoxy) is 3. The third kappa shape index (κ3) is 7.08. The summed E-state index contributed by atoms with van der Waals surface area (Å²) in [5.41, 5.74) is 4.72. The highest BCUT2D eigenvalue weighted by Crippen LogP contribution is 2.33. The molecule has 13 nitrogen and oxygen atoms in total. The number of urea groups is 1. The summed E-state index contributed by atoms with van der Waals surface area (Å²) in [4.78, 5) is 35.3. The summed E-state index contributed by atoms with van der Waals surface area (Å²) in [6.07, 6.45) is 4.88. The molecule has 0 radical (unpaired) electrons. The molecule has 236 valence electrons. The number of fused-ring (bicyclic) bond motifs is 1. The van der Waals surface area contributed by atoms with Crippen LogP contribution in [0.1, 0.15) is 31.1 Å². The van der Waals surface area contributed by atoms with Crippen LogP contribution >= 0.6 is 0 Å². The molecule has 2 aromatic carbocycles. The molecule has 0 aliphatic carbocycles. The van der Waals surface area contributed by atoms with Gasteiger partial charge in [-0.25, -0.2) is 19.7 Å². The van der Waals surface area contributed by atoms with Crippen LogP contribution in [0, 0.1) is 0 Å². The van der Waals surface area contributed by atoms with E-state index in [1.165, 1.54) is 0 Å². The molecule has 0 saturated carbocycles. The number of hydrogen-bond donors (Lipinski definition) is 2. The molecule has 3 aliphatic rings. The number of hydrogen-bond acceptors (Lipinski definition) is 10. The number of aromatic nitrogens is 4. The summed E-state index contributed by atoms with van der Waals surface area (Å²) in [6.45, 7) is 6.88. The fourth-order valence-corrected chi connectivity index (χ4v) is 5.74. The molecular formula is C32H38N8O5. The van der Waals surface area contributed by atoms with Crippen LogP contribution in [0.4, 0.5) is 22.0 Å². The van der Waals surface area contributed by atoms with E-state index in [4.69, 9.17) is 29.0 Å². The molecule has 2 aromatic heterocycles. The van der Waals surface area contributed by atoms with Crippen molar-refractivity contribution in [1.29, 1.82) is 0 Å². The quantitative estimate of drug-likeness (QED) is 0.294. The summed E-state index contributed by atoms with van der Waals surface area (Å²) in [5.74, 6) is 1.41. The van der Waals surface area contributed by atoms with Crippen LogP contribution in [0.2, 0.25) is 0 Å². The molecule has 0 bridgehead atoms. The summed E-state index contributed by atoms with van der Waals surface area (Å²) in [7, 11) is 0. The summed E-state index contributed by atoms with van der Waals surface area (Å²) in [6, 6.07) is 14.8. The lowest BCUT2D eigenvalue weighted by atomic mass is 10.2. The molecule has 2 amide bonds. The number of rotatable bonds is 8. The number of benzene rings is 2. The molecule has 5 heterocycles. The monoisotopic (exact) mass is 614 g/mol. The van der Waals surface area contributed by atoms with E-state index < -0.39 is 0 Å². The van der Waals surface area contributed by atoms with Crippen molar-refractivity contribution in [2.24, 2.45) is 0 Å². The molecule has 1 atom stereocenters. The Morgan fingerprint density at radius 1 is 0.844 bits per heavy atom. The summed E-state index contributed by atoms with van der Waals surface area (Å²) >= 11 is 0.